The van der Waals surface area contributed by atoms with Gasteiger partial charge in [-0.2, -0.15) is 5.10 Å². The van der Waals surface area contributed by atoms with Crippen molar-refractivity contribution in [1.29, 1.82) is 0 Å². The van der Waals surface area contributed by atoms with E-state index in [0.29, 0.717) is 19.0 Å². The second-order valence-corrected chi connectivity index (χ2v) is 5.35. The van der Waals surface area contributed by atoms with Crippen LogP contribution in [0, 0.1) is 0 Å². The molecule has 3 rings (SSSR count). The number of aromatic nitrogens is 3. The van der Waals surface area contributed by atoms with Crippen LogP contribution < -0.4 is 11.3 Å². The quantitative estimate of drug-likeness (QED) is 0.882. The maximum atomic E-state index is 12.0. The van der Waals surface area contributed by atoms with Crippen LogP contribution in [0.15, 0.2) is 17.1 Å². The van der Waals surface area contributed by atoms with E-state index in [1.807, 2.05) is 16.9 Å². The number of nitrogens with zero attached hydrogens (tertiary/aromatic N) is 2. The Morgan fingerprint density at radius 3 is 2.89 bits per heavy atom. The van der Waals surface area contributed by atoms with Crippen LogP contribution in [-0.4, -0.2) is 21.3 Å². The Morgan fingerprint density at radius 2 is 2.16 bits per heavy atom. The Hall–Kier alpha value is -1.62. The molecule has 0 atom stereocenters. The van der Waals surface area contributed by atoms with Crippen LogP contribution in [0.2, 0.25) is 0 Å². The Bertz CT molecular complexity index is 622. The zero-order valence-electron chi connectivity index (χ0n) is 11.1. The molecule has 0 spiro atoms. The van der Waals surface area contributed by atoms with Crippen LogP contribution in [0.3, 0.4) is 0 Å². The van der Waals surface area contributed by atoms with Crippen molar-refractivity contribution in [1.82, 2.24) is 14.8 Å². The normalized spacial score (nSPS) is 17.1. The zero-order valence-corrected chi connectivity index (χ0v) is 11.1. The predicted molar refractivity (Wildman–Crippen MR) is 75.2 cm³/mol. The summed E-state index contributed by atoms with van der Waals surface area (Å²) in [5, 5.41) is 5.48. The molecule has 5 nitrogen and oxygen atoms in total. The van der Waals surface area contributed by atoms with Gasteiger partial charge >= 0.3 is 0 Å². The molecule has 0 aromatic carbocycles. The first-order valence-electron chi connectivity index (χ1n) is 7.09. The number of fused-ring (bicyclic) bond motifs is 1. The number of rotatable bonds is 3. The second kappa shape index (κ2) is 5.17. The summed E-state index contributed by atoms with van der Waals surface area (Å²) >= 11 is 0. The van der Waals surface area contributed by atoms with E-state index >= 15 is 0 Å². The van der Waals surface area contributed by atoms with Crippen LogP contribution in [0.5, 0.6) is 0 Å². The Kier molecular flexibility index (Phi) is 3.38. The summed E-state index contributed by atoms with van der Waals surface area (Å²) in [7, 11) is 0. The molecule has 1 saturated carbocycles. The molecule has 1 fully saturated rings. The lowest BCUT2D eigenvalue weighted by Gasteiger charge is -2.22. The van der Waals surface area contributed by atoms with E-state index in [-0.39, 0.29) is 5.56 Å². The molecule has 0 unspecified atom stereocenters. The SMILES string of the molecule is NCCc1cc2cnn(C3CCCCC3)c2[nH]c1=O. The van der Waals surface area contributed by atoms with Gasteiger partial charge < -0.3 is 10.7 Å². The number of hydrogen-bond donors (Lipinski definition) is 2. The lowest BCUT2D eigenvalue weighted by atomic mass is 9.96. The van der Waals surface area contributed by atoms with Gasteiger partial charge in [0.1, 0.15) is 5.65 Å². The van der Waals surface area contributed by atoms with Gasteiger partial charge in [0.15, 0.2) is 0 Å². The van der Waals surface area contributed by atoms with E-state index in [9.17, 15) is 4.79 Å². The van der Waals surface area contributed by atoms with Crippen LogP contribution in [0.4, 0.5) is 0 Å². The third kappa shape index (κ3) is 2.30. The van der Waals surface area contributed by atoms with E-state index in [1.54, 1.807) is 0 Å². The molecule has 3 N–H and O–H groups in total. The van der Waals surface area contributed by atoms with Gasteiger partial charge in [0, 0.05) is 10.9 Å². The minimum absolute atomic E-state index is 0.0319. The average molecular weight is 260 g/mol. The Balaban J connectivity index is 2.03. The molecule has 102 valence electrons. The number of hydrogen-bond acceptors (Lipinski definition) is 3. The van der Waals surface area contributed by atoms with E-state index in [2.05, 4.69) is 10.1 Å². The highest BCUT2D eigenvalue weighted by atomic mass is 16.1. The third-order valence-corrected chi connectivity index (χ3v) is 4.01. The summed E-state index contributed by atoms with van der Waals surface area (Å²) in [6.07, 6.45) is 8.59. The van der Waals surface area contributed by atoms with E-state index in [4.69, 9.17) is 5.73 Å². The van der Waals surface area contributed by atoms with Gasteiger partial charge in [-0.05, 0) is 31.9 Å². The molecule has 19 heavy (non-hydrogen) atoms. The fourth-order valence-corrected chi connectivity index (χ4v) is 3.00. The predicted octanol–water partition coefficient (Wildman–Crippen LogP) is 1.73. The lowest BCUT2D eigenvalue weighted by molar-refractivity contribution is 0.335. The van der Waals surface area contributed by atoms with Crippen molar-refractivity contribution in [2.45, 2.75) is 44.6 Å². The molecular formula is C14H20N4O. The number of nitrogens with two attached hydrogens (primary N) is 1. The number of nitrogens with one attached hydrogen (secondary N) is 1. The van der Waals surface area contributed by atoms with Crippen molar-refractivity contribution in [2.24, 2.45) is 5.73 Å². The van der Waals surface area contributed by atoms with Gasteiger partial charge in [-0.15, -0.1) is 0 Å². The van der Waals surface area contributed by atoms with Gasteiger partial charge in [0.2, 0.25) is 0 Å². The smallest absolute Gasteiger partial charge is 0.252 e. The van der Waals surface area contributed by atoms with Crippen molar-refractivity contribution in [3.8, 4) is 0 Å². The molecule has 1 aliphatic rings. The van der Waals surface area contributed by atoms with E-state index in [0.717, 1.165) is 29.4 Å². The Morgan fingerprint density at radius 1 is 1.37 bits per heavy atom. The average Bonchev–Trinajstić information content (AvgIpc) is 2.83. The van der Waals surface area contributed by atoms with Crippen molar-refractivity contribution in [3.05, 3.63) is 28.2 Å². The van der Waals surface area contributed by atoms with Crippen LogP contribution in [0.25, 0.3) is 11.0 Å². The summed E-state index contributed by atoms with van der Waals surface area (Å²) in [6, 6.07) is 2.36. The highest BCUT2D eigenvalue weighted by molar-refractivity contribution is 5.75. The topological polar surface area (TPSA) is 76.7 Å². The first-order chi connectivity index (χ1) is 9.29. The van der Waals surface area contributed by atoms with E-state index in [1.165, 1.54) is 19.3 Å². The highest BCUT2D eigenvalue weighted by Crippen LogP contribution is 2.29. The molecule has 1 aliphatic carbocycles. The fraction of sp³-hybridized carbons (Fsp3) is 0.571. The van der Waals surface area contributed by atoms with Gasteiger partial charge in [0.05, 0.1) is 12.2 Å². The fourth-order valence-electron chi connectivity index (χ4n) is 3.00. The summed E-state index contributed by atoms with van der Waals surface area (Å²) in [4.78, 5) is 15.0. The second-order valence-electron chi connectivity index (χ2n) is 5.35. The minimum Gasteiger partial charge on any atom is -0.330 e. The van der Waals surface area contributed by atoms with Gasteiger partial charge in [0.25, 0.3) is 5.56 Å². The molecule has 0 bridgehead atoms. The van der Waals surface area contributed by atoms with Crippen molar-refractivity contribution < 1.29 is 0 Å². The zero-order chi connectivity index (χ0) is 13.2. The molecule has 0 amide bonds. The standard InChI is InChI=1S/C14H20N4O/c15-7-6-10-8-11-9-16-18(13(11)17-14(10)19)12-4-2-1-3-5-12/h8-9,12H,1-7,15H2,(H,17,19). The number of pyridine rings is 1. The van der Waals surface area contributed by atoms with E-state index < -0.39 is 0 Å². The van der Waals surface area contributed by atoms with Crippen molar-refractivity contribution >= 4 is 11.0 Å². The van der Waals surface area contributed by atoms with Crippen LogP contribution in [0.1, 0.15) is 43.7 Å². The van der Waals surface area contributed by atoms with Gasteiger partial charge in [-0.25, -0.2) is 4.68 Å². The molecule has 0 saturated heterocycles. The lowest BCUT2D eigenvalue weighted by Crippen LogP contribution is -2.19. The van der Waals surface area contributed by atoms with Crippen molar-refractivity contribution in [3.63, 3.8) is 0 Å². The first kappa shape index (κ1) is 12.4. The maximum absolute atomic E-state index is 12.0. The summed E-state index contributed by atoms with van der Waals surface area (Å²) in [5.41, 5.74) is 7.10. The number of H-pyrrole nitrogens is 1. The maximum Gasteiger partial charge on any atom is 0.252 e. The summed E-state index contributed by atoms with van der Waals surface area (Å²) in [5.74, 6) is 0. The third-order valence-electron chi connectivity index (χ3n) is 4.01. The molecule has 0 aliphatic heterocycles. The van der Waals surface area contributed by atoms with Gasteiger partial charge in [-0.3, -0.25) is 4.79 Å². The van der Waals surface area contributed by atoms with Gasteiger partial charge in [-0.1, -0.05) is 19.3 Å². The molecule has 5 heteroatoms. The highest BCUT2D eigenvalue weighted by Gasteiger charge is 2.18. The molecule has 2 aromatic rings. The summed E-state index contributed by atoms with van der Waals surface area (Å²) in [6.45, 7) is 0.491. The summed E-state index contributed by atoms with van der Waals surface area (Å²) < 4.78 is 2.00. The van der Waals surface area contributed by atoms with Crippen LogP contribution in [-0.2, 0) is 6.42 Å². The molecular weight excluding hydrogens is 240 g/mol. The minimum atomic E-state index is -0.0319. The monoisotopic (exact) mass is 260 g/mol. The number of aromatic amines is 1. The molecule has 2 aromatic heterocycles. The van der Waals surface area contributed by atoms with Crippen LogP contribution >= 0.6 is 0 Å². The first-order valence-corrected chi connectivity index (χ1v) is 7.09. The Labute approximate surface area is 111 Å². The largest absolute Gasteiger partial charge is 0.330 e. The molecule has 0 radical (unpaired) electrons. The van der Waals surface area contributed by atoms with Crippen molar-refractivity contribution in [2.75, 3.05) is 6.54 Å². The molecule has 2 heterocycles.